The predicted molar refractivity (Wildman–Crippen MR) is 101 cm³/mol. The Balaban J connectivity index is 1.69. The first-order valence-corrected chi connectivity index (χ1v) is 8.27. The minimum atomic E-state index is -0.439. The first-order valence-electron chi connectivity index (χ1n) is 8.27. The maximum Gasteiger partial charge on any atom is 0.295 e. The van der Waals surface area contributed by atoms with Gasteiger partial charge in [0, 0.05) is 18.2 Å². The first-order chi connectivity index (χ1) is 13.1. The fourth-order valence-corrected chi connectivity index (χ4v) is 2.69. The zero-order chi connectivity index (χ0) is 19.2. The average molecular weight is 363 g/mol. The highest BCUT2D eigenvalue weighted by atomic mass is 16.6. The molecule has 9 heteroatoms. The number of pyridine rings is 1. The summed E-state index contributed by atoms with van der Waals surface area (Å²) in [4.78, 5) is 15.2. The number of nitriles is 1. The Bertz CT molecular complexity index is 993. The molecule has 2 aromatic heterocycles. The van der Waals surface area contributed by atoms with Crippen molar-refractivity contribution in [3.05, 3.63) is 63.8 Å². The maximum absolute atomic E-state index is 11.3. The minimum absolute atomic E-state index is 0.0432. The van der Waals surface area contributed by atoms with E-state index in [1.165, 1.54) is 6.07 Å². The van der Waals surface area contributed by atoms with E-state index in [4.69, 9.17) is 11.0 Å². The van der Waals surface area contributed by atoms with Gasteiger partial charge in [-0.15, -0.1) is 0 Å². The lowest BCUT2D eigenvalue weighted by Crippen LogP contribution is -2.06. The molecular formula is C18H17N7O2. The third-order valence-electron chi connectivity index (χ3n) is 4.01. The van der Waals surface area contributed by atoms with Gasteiger partial charge in [0.1, 0.15) is 17.5 Å². The highest BCUT2D eigenvalue weighted by Crippen LogP contribution is 2.29. The van der Waals surface area contributed by atoms with Crippen molar-refractivity contribution in [1.29, 1.82) is 5.26 Å². The molecule has 0 aliphatic carbocycles. The number of nitro groups is 1. The van der Waals surface area contributed by atoms with Gasteiger partial charge in [0.15, 0.2) is 11.5 Å². The molecule has 9 nitrogen and oxygen atoms in total. The van der Waals surface area contributed by atoms with E-state index in [2.05, 4.69) is 20.5 Å². The van der Waals surface area contributed by atoms with Crippen LogP contribution in [0, 0.1) is 21.4 Å². The normalized spacial score (nSPS) is 10.3. The predicted octanol–water partition coefficient (Wildman–Crippen LogP) is 2.88. The van der Waals surface area contributed by atoms with E-state index in [0.29, 0.717) is 47.7 Å². The van der Waals surface area contributed by atoms with Gasteiger partial charge in [0.05, 0.1) is 10.6 Å². The van der Waals surface area contributed by atoms with Crippen LogP contribution in [-0.4, -0.2) is 26.6 Å². The number of nitrogens with zero attached hydrogens (tertiary/aromatic N) is 4. The first kappa shape index (κ1) is 17.9. The Morgan fingerprint density at radius 2 is 2.04 bits per heavy atom. The summed E-state index contributed by atoms with van der Waals surface area (Å²) in [5.74, 6) is 0.745. The zero-order valence-electron chi connectivity index (χ0n) is 14.3. The van der Waals surface area contributed by atoms with Gasteiger partial charge >= 0.3 is 0 Å². The second-order valence-corrected chi connectivity index (χ2v) is 5.79. The van der Waals surface area contributed by atoms with Gasteiger partial charge in [-0.1, -0.05) is 30.3 Å². The SMILES string of the molecule is N#Cc1c(N)n[nH]c1CCCNc1ccc([N+](=O)[O-])c(-c2ccccc2)n1. The van der Waals surface area contributed by atoms with E-state index in [0.717, 1.165) is 0 Å². The molecule has 0 bridgehead atoms. The monoisotopic (exact) mass is 363 g/mol. The molecule has 1 aromatic carbocycles. The number of H-pyrrole nitrogens is 1. The molecule has 3 rings (SSSR count). The van der Waals surface area contributed by atoms with Crippen LogP contribution >= 0.6 is 0 Å². The van der Waals surface area contributed by atoms with Crippen molar-refractivity contribution in [3.63, 3.8) is 0 Å². The van der Waals surface area contributed by atoms with Crippen molar-refractivity contribution in [2.45, 2.75) is 12.8 Å². The van der Waals surface area contributed by atoms with Crippen LogP contribution in [0.5, 0.6) is 0 Å². The largest absolute Gasteiger partial charge is 0.381 e. The second-order valence-electron chi connectivity index (χ2n) is 5.79. The van der Waals surface area contributed by atoms with Gasteiger partial charge < -0.3 is 11.1 Å². The Hall–Kier alpha value is -3.93. The van der Waals surface area contributed by atoms with Crippen molar-refractivity contribution in [2.24, 2.45) is 0 Å². The number of rotatable bonds is 7. The summed E-state index contributed by atoms with van der Waals surface area (Å²) < 4.78 is 0. The Morgan fingerprint density at radius 1 is 1.26 bits per heavy atom. The molecule has 27 heavy (non-hydrogen) atoms. The number of anilines is 2. The molecule has 0 saturated carbocycles. The van der Waals surface area contributed by atoms with Crippen LogP contribution in [0.4, 0.5) is 17.3 Å². The zero-order valence-corrected chi connectivity index (χ0v) is 14.3. The molecule has 0 amide bonds. The summed E-state index contributed by atoms with van der Waals surface area (Å²) >= 11 is 0. The fraction of sp³-hybridized carbons (Fsp3) is 0.167. The van der Waals surface area contributed by atoms with E-state index in [-0.39, 0.29) is 11.5 Å². The van der Waals surface area contributed by atoms with Crippen LogP contribution in [0.2, 0.25) is 0 Å². The number of nitrogens with one attached hydrogen (secondary N) is 2. The number of hydrogen-bond donors (Lipinski definition) is 3. The van der Waals surface area contributed by atoms with Crippen molar-refractivity contribution in [1.82, 2.24) is 15.2 Å². The number of aromatic nitrogens is 3. The van der Waals surface area contributed by atoms with Crippen molar-refractivity contribution >= 4 is 17.3 Å². The summed E-state index contributed by atoms with van der Waals surface area (Å²) in [5.41, 5.74) is 7.63. The molecule has 0 radical (unpaired) electrons. The molecule has 0 aliphatic heterocycles. The van der Waals surface area contributed by atoms with E-state index in [9.17, 15) is 10.1 Å². The lowest BCUT2D eigenvalue weighted by Gasteiger charge is -2.08. The number of nitrogens with two attached hydrogens (primary N) is 1. The molecule has 136 valence electrons. The third-order valence-corrected chi connectivity index (χ3v) is 4.01. The molecule has 0 saturated heterocycles. The molecule has 0 aliphatic rings. The van der Waals surface area contributed by atoms with E-state index in [1.54, 1.807) is 18.2 Å². The van der Waals surface area contributed by atoms with E-state index in [1.807, 2.05) is 24.3 Å². The Kier molecular flexibility index (Phi) is 5.28. The van der Waals surface area contributed by atoms with Gasteiger partial charge in [-0.25, -0.2) is 4.98 Å². The number of hydrogen-bond acceptors (Lipinski definition) is 7. The number of nitrogen functional groups attached to an aromatic ring is 1. The van der Waals surface area contributed by atoms with Crippen LogP contribution in [0.25, 0.3) is 11.3 Å². The highest BCUT2D eigenvalue weighted by Gasteiger charge is 2.17. The van der Waals surface area contributed by atoms with Crippen molar-refractivity contribution < 1.29 is 4.92 Å². The van der Waals surface area contributed by atoms with E-state index >= 15 is 0 Å². The summed E-state index contributed by atoms with van der Waals surface area (Å²) in [6.07, 6.45) is 1.30. The number of benzene rings is 1. The molecule has 4 N–H and O–H groups in total. The lowest BCUT2D eigenvalue weighted by molar-refractivity contribution is -0.384. The van der Waals surface area contributed by atoms with Gasteiger partial charge in [0.25, 0.3) is 5.69 Å². The molecule has 0 unspecified atom stereocenters. The van der Waals surface area contributed by atoms with Gasteiger partial charge in [-0.05, 0) is 18.9 Å². The van der Waals surface area contributed by atoms with Crippen LogP contribution in [0.1, 0.15) is 17.7 Å². The van der Waals surface area contributed by atoms with Crippen LogP contribution in [0.3, 0.4) is 0 Å². The minimum Gasteiger partial charge on any atom is -0.381 e. The molecule has 2 heterocycles. The smallest absolute Gasteiger partial charge is 0.295 e. The summed E-state index contributed by atoms with van der Waals surface area (Å²) in [6.45, 7) is 0.572. The summed E-state index contributed by atoms with van der Waals surface area (Å²) in [6, 6.07) is 14.1. The second kappa shape index (κ2) is 7.97. The highest BCUT2D eigenvalue weighted by molar-refractivity contribution is 5.71. The van der Waals surface area contributed by atoms with Crippen LogP contribution in [0.15, 0.2) is 42.5 Å². The average Bonchev–Trinajstić information content (AvgIpc) is 3.05. The standard InChI is InChI=1S/C18H17N7O2/c19-11-13-14(23-24-18(13)20)7-4-10-21-16-9-8-15(25(26)27)17(22-16)12-5-2-1-3-6-12/h1-3,5-6,8-9H,4,7,10H2,(H,21,22)(H3,20,23,24). The summed E-state index contributed by atoms with van der Waals surface area (Å²) in [5, 5.41) is 30.1. The van der Waals surface area contributed by atoms with Crippen molar-refractivity contribution in [2.75, 3.05) is 17.6 Å². The van der Waals surface area contributed by atoms with E-state index < -0.39 is 4.92 Å². The molecule has 0 spiro atoms. The maximum atomic E-state index is 11.3. The molecule has 0 fully saturated rings. The third kappa shape index (κ3) is 4.01. The van der Waals surface area contributed by atoms with Gasteiger partial charge in [-0.3, -0.25) is 15.2 Å². The Morgan fingerprint density at radius 3 is 2.74 bits per heavy atom. The number of aryl methyl sites for hydroxylation is 1. The Labute approximate surface area is 155 Å². The van der Waals surface area contributed by atoms with Crippen LogP contribution < -0.4 is 11.1 Å². The summed E-state index contributed by atoms with van der Waals surface area (Å²) in [7, 11) is 0. The molecule has 3 aromatic rings. The fourth-order valence-electron chi connectivity index (χ4n) is 2.69. The van der Waals surface area contributed by atoms with Gasteiger partial charge in [0.2, 0.25) is 0 Å². The lowest BCUT2D eigenvalue weighted by atomic mass is 10.1. The number of aromatic amines is 1. The molecule has 0 atom stereocenters. The quantitative estimate of drug-likeness (QED) is 0.332. The molecular weight excluding hydrogens is 346 g/mol. The van der Waals surface area contributed by atoms with Gasteiger partial charge in [-0.2, -0.15) is 10.4 Å². The van der Waals surface area contributed by atoms with Crippen LogP contribution in [-0.2, 0) is 6.42 Å². The van der Waals surface area contributed by atoms with Crippen molar-refractivity contribution in [3.8, 4) is 17.3 Å². The topological polar surface area (TPSA) is 147 Å².